The van der Waals surface area contributed by atoms with Crippen LogP contribution in [0.5, 0.6) is 0 Å². The van der Waals surface area contributed by atoms with Crippen molar-refractivity contribution in [3.8, 4) is 90.6 Å². The number of hydrogen-bond acceptors (Lipinski definition) is 26. The zero-order valence-corrected chi connectivity index (χ0v) is 73.3. The Balaban J connectivity index is 0.000000119. The maximum Gasteiger partial charge on any atom is 0.236 e. The van der Waals surface area contributed by atoms with Crippen molar-refractivity contribution in [2.24, 2.45) is 5.92 Å². The van der Waals surface area contributed by atoms with E-state index in [9.17, 15) is 19.5 Å². The lowest BCUT2D eigenvalue weighted by Crippen LogP contribution is -2.51. The third-order valence-electron chi connectivity index (χ3n) is 22.7. The number of anilines is 4. The average molecular weight is 1730 g/mol. The molecule has 0 atom stereocenters. The predicted molar refractivity (Wildman–Crippen MR) is 506 cm³/mol. The Morgan fingerprint density at radius 3 is 1.18 bits per heavy atom. The Morgan fingerprint density at radius 1 is 0.416 bits per heavy atom. The van der Waals surface area contributed by atoms with Gasteiger partial charge in [0, 0.05) is 161 Å². The molecule has 4 fully saturated rings. The van der Waals surface area contributed by atoms with E-state index in [0.717, 1.165) is 194 Å². The summed E-state index contributed by atoms with van der Waals surface area (Å²) in [7, 11) is 1.82. The molecule has 20 rings (SSSR count). The Morgan fingerprint density at radius 2 is 0.784 bits per heavy atom. The third-order valence-corrected chi connectivity index (χ3v) is 26.2. The number of aromatic nitrogens is 12. The third kappa shape index (κ3) is 20.1. The Bertz CT molecular complexity index is 6290. The highest BCUT2D eigenvalue weighted by Crippen LogP contribution is 2.45. The van der Waals surface area contributed by atoms with Gasteiger partial charge < -0.3 is 34.9 Å². The smallest absolute Gasteiger partial charge is 0.236 e. The van der Waals surface area contributed by atoms with E-state index in [1.807, 2.05) is 152 Å². The largest absolute Gasteiger partial charge is 0.376 e. The number of nitrogens with one attached hydrogen (secondary N) is 1. The van der Waals surface area contributed by atoms with Gasteiger partial charge in [0.15, 0.2) is 29.1 Å². The van der Waals surface area contributed by atoms with Gasteiger partial charge in [0.1, 0.15) is 72.1 Å². The summed E-state index contributed by atoms with van der Waals surface area (Å²) >= 11 is 6.46. The fourth-order valence-electron chi connectivity index (χ4n) is 15.8. The standard InChI is InChI=1S/C28H30N6OS.C27H30N6OS.C23H20N4OS.C19H16N4OS/c35-24(33-13-7-2-8-14-33)19-32-15-17-34(18-16-32)27-25-22(21-9-3-1-4-10-21)20-36-28(25)31-26(30-27)23-11-5-6-12-29-23;1-3-32(4-2)23(34)18-31-14-16-33(17-15-31)26-24-21(20-10-6-5-7-11-20)19-35-27(24)30-25(29-26)22-12-8-9-13-28-22;28-17(12-15-9-10-15)13-25-22-20-18(16-6-2-1-3-7-16)14-29-23(20)27-21(26-22)19-8-4-5-11-24-19;1-23(12-24)18-16-14(13-7-3-2-4-8-13)11-25-19(16)22-17(21-18)15-9-5-6-10-20-15/h1,3-6,9-12,20H,2,7-8,13-19H2;5-13,19H,3-4,14-18H2,1-2H3;1-8,11,14-15H,9-10,12-13H2,(H,25,26,27);2-11,24H,12H2,1H3. The lowest BCUT2D eigenvalue weighted by Gasteiger charge is -2.37. The molecule has 1 aliphatic carbocycles. The van der Waals surface area contributed by atoms with Crippen LogP contribution >= 0.6 is 45.3 Å². The van der Waals surface area contributed by atoms with E-state index < -0.39 is 0 Å². The summed E-state index contributed by atoms with van der Waals surface area (Å²) in [6.07, 6.45) is 13.5. The van der Waals surface area contributed by atoms with Crippen LogP contribution in [0.15, 0.2) is 240 Å². The summed E-state index contributed by atoms with van der Waals surface area (Å²) in [5.74, 6) is 7.03. The zero-order chi connectivity index (χ0) is 85.4. The van der Waals surface area contributed by atoms with Crippen LogP contribution in [-0.2, 0) is 14.4 Å². The van der Waals surface area contributed by atoms with Crippen LogP contribution in [-0.4, -0.2) is 214 Å². The molecule has 2 amide bonds. The highest BCUT2D eigenvalue weighted by atomic mass is 32.1. The number of ketones is 1. The molecule has 0 spiro atoms. The van der Waals surface area contributed by atoms with E-state index in [1.54, 1.807) is 75.0 Å². The van der Waals surface area contributed by atoms with Crippen LogP contribution < -0.4 is 20.0 Å². The summed E-state index contributed by atoms with van der Waals surface area (Å²) < 4.78 is 0. The molecule has 4 aliphatic rings. The molecule has 2 N–H and O–H groups in total. The lowest BCUT2D eigenvalue weighted by molar-refractivity contribution is -0.133. The summed E-state index contributed by atoms with van der Waals surface area (Å²) in [5, 5.41) is 25.6. The minimum absolute atomic E-state index is 0.127. The molecule has 1 saturated carbocycles. The maximum atomic E-state index is 12.8. The van der Waals surface area contributed by atoms with E-state index in [1.165, 1.54) is 30.4 Å². The van der Waals surface area contributed by atoms with Gasteiger partial charge in [-0.15, -0.1) is 45.3 Å². The number of Topliss-reactive ketones (excluding diaryl/α,β-unsaturated/α-hetero) is 1. The van der Waals surface area contributed by atoms with Crippen LogP contribution in [0.4, 0.5) is 23.3 Å². The number of amides is 2. The molecule has 0 radical (unpaired) electrons. The molecule has 3 aliphatic heterocycles. The minimum Gasteiger partial charge on any atom is -0.376 e. The number of hydrogen-bond donors (Lipinski definition) is 2. The number of fused-ring (bicyclic) bond motifs is 4. The molecule has 28 heteroatoms. The first-order valence-electron chi connectivity index (χ1n) is 42.6. The molecule has 3 saturated heterocycles. The molecule has 0 unspecified atom stereocenters. The van der Waals surface area contributed by atoms with E-state index in [4.69, 9.17) is 39.9 Å². The summed E-state index contributed by atoms with van der Waals surface area (Å²) in [6, 6.07) is 64.3. The predicted octanol–water partition coefficient (Wildman–Crippen LogP) is 18.0. The second-order valence-electron chi connectivity index (χ2n) is 31.1. The highest BCUT2D eigenvalue weighted by molar-refractivity contribution is 7.18. The van der Waals surface area contributed by atoms with E-state index >= 15 is 0 Å². The summed E-state index contributed by atoms with van der Waals surface area (Å²) in [6.45, 7) is 15.1. The molecule has 15 heterocycles. The van der Waals surface area contributed by atoms with Crippen molar-refractivity contribution in [2.75, 3.05) is 132 Å². The van der Waals surface area contributed by atoms with Crippen LogP contribution in [0.25, 0.3) is 131 Å². The van der Waals surface area contributed by atoms with Crippen molar-refractivity contribution in [3.63, 3.8) is 0 Å². The highest BCUT2D eigenvalue weighted by Gasteiger charge is 2.31. The second-order valence-corrected chi connectivity index (χ2v) is 34.5. The van der Waals surface area contributed by atoms with Gasteiger partial charge in [-0.2, -0.15) is 0 Å². The van der Waals surface area contributed by atoms with Crippen molar-refractivity contribution < 1.29 is 19.5 Å². The molecule has 4 aromatic carbocycles. The second kappa shape index (κ2) is 40.3. The Labute approximate surface area is 742 Å². The summed E-state index contributed by atoms with van der Waals surface area (Å²) in [5.41, 5.74) is 12.0. The van der Waals surface area contributed by atoms with Crippen LogP contribution in [0.2, 0.25) is 0 Å². The Hall–Kier alpha value is -12.7. The fourth-order valence-corrected chi connectivity index (χ4v) is 19.6. The number of piperidine rings is 1. The number of pyridine rings is 4. The van der Waals surface area contributed by atoms with Gasteiger partial charge in [0.05, 0.1) is 41.2 Å². The number of carbonyl (C=O) groups is 3. The number of piperazine rings is 2. The number of likely N-dealkylation sites (N-methyl/N-ethyl adjacent to an activating group) is 1. The molecule has 24 nitrogen and oxygen atoms in total. The lowest BCUT2D eigenvalue weighted by atomic mass is 10.1. The van der Waals surface area contributed by atoms with Crippen molar-refractivity contribution in [3.05, 3.63) is 240 Å². The number of benzene rings is 4. The van der Waals surface area contributed by atoms with Gasteiger partial charge in [0.25, 0.3) is 0 Å². The number of likely N-dealkylation sites (tertiary alicyclic amines) is 1. The zero-order valence-electron chi connectivity index (χ0n) is 70.0. The van der Waals surface area contributed by atoms with E-state index in [-0.39, 0.29) is 30.9 Å². The van der Waals surface area contributed by atoms with Gasteiger partial charge in [-0.3, -0.25) is 44.1 Å². The first-order valence-corrected chi connectivity index (χ1v) is 46.1. The average Bonchev–Trinajstić information content (AvgIpc) is 1.66. The van der Waals surface area contributed by atoms with Crippen LogP contribution in [0, 0.1) is 5.92 Å². The number of thiophene rings is 4. The minimum atomic E-state index is -0.127. The normalized spacial score (nSPS) is 14.3. The van der Waals surface area contributed by atoms with Gasteiger partial charge >= 0.3 is 0 Å². The van der Waals surface area contributed by atoms with Crippen LogP contribution in [0.1, 0.15) is 52.4 Å². The number of aliphatic hydroxyl groups excluding tert-OH is 1. The molecule has 632 valence electrons. The number of carbonyl (C=O) groups excluding carboxylic acids is 3. The number of aliphatic hydroxyl groups is 1. The van der Waals surface area contributed by atoms with Crippen molar-refractivity contribution in [1.82, 2.24) is 79.4 Å². The van der Waals surface area contributed by atoms with E-state index in [2.05, 4.69) is 139 Å². The molecule has 16 aromatic rings. The maximum absolute atomic E-state index is 12.8. The monoisotopic (exact) mass is 1730 g/mol. The van der Waals surface area contributed by atoms with Gasteiger partial charge in [-0.1, -0.05) is 146 Å². The van der Waals surface area contributed by atoms with Crippen molar-refractivity contribution in [2.45, 2.75) is 52.4 Å². The topological polar surface area (TPSA) is 261 Å². The molecular formula is C97H96N20O4S4. The van der Waals surface area contributed by atoms with Gasteiger partial charge in [-0.05, 0) is 123 Å². The van der Waals surface area contributed by atoms with Gasteiger partial charge in [0.2, 0.25) is 11.8 Å². The van der Waals surface area contributed by atoms with Gasteiger partial charge in [-0.25, -0.2) is 39.9 Å². The molecule has 12 aromatic heterocycles. The number of rotatable bonds is 23. The molecule has 125 heavy (non-hydrogen) atoms. The first-order chi connectivity index (χ1) is 61.5. The van der Waals surface area contributed by atoms with Crippen LogP contribution in [0.3, 0.4) is 0 Å². The Kier molecular flexibility index (Phi) is 27.3. The fraction of sp³-hybridized carbons (Fsp3) is 0.268. The van der Waals surface area contributed by atoms with Crippen molar-refractivity contribution >= 4 is 127 Å². The first kappa shape index (κ1) is 84.5. The van der Waals surface area contributed by atoms with E-state index in [0.29, 0.717) is 66.1 Å². The molecular weight excluding hydrogens is 1640 g/mol. The number of nitrogens with zero attached hydrogens (tertiary/aromatic N) is 19. The molecule has 0 bridgehead atoms. The van der Waals surface area contributed by atoms with Crippen molar-refractivity contribution in [1.29, 1.82) is 0 Å². The quantitative estimate of drug-likeness (QED) is 0.0564. The summed E-state index contributed by atoms with van der Waals surface area (Å²) in [4.78, 5) is 113. The SMILES string of the molecule is CCN(CC)C(=O)CN1CCN(c2nc(-c3ccccn3)nc3scc(-c4ccccc4)c23)CC1.CN(CO)c1nc(-c2ccccn2)nc2scc(-c3ccccc3)c12.O=C(CN1CCN(c2nc(-c3ccccn3)nc3scc(-c4ccccc4)c23)CC1)N1CCCCC1.O=C(CNc1nc(-c2ccccn2)nc2scc(-c3ccccc3)c12)CC1CC1.